The summed E-state index contributed by atoms with van der Waals surface area (Å²) in [7, 11) is 0. The molecule has 0 aliphatic rings. The van der Waals surface area contributed by atoms with Crippen LogP contribution in [0.1, 0.15) is 33.3 Å². The molecule has 0 saturated heterocycles. The Bertz CT molecular complexity index is 306. The lowest BCUT2D eigenvalue weighted by atomic mass is 10.4. The largest absolute Gasteiger partial charge is 0.477 e. The number of carboxylic acids is 1. The summed E-state index contributed by atoms with van der Waals surface area (Å²) in [5, 5.41) is 9.36. The van der Waals surface area contributed by atoms with Gasteiger partial charge in [-0.15, -0.1) is 11.3 Å². The summed E-state index contributed by atoms with van der Waals surface area (Å²) in [5.41, 5.74) is 6.09. The summed E-state index contributed by atoms with van der Waals surface area (Å²) in [5.74, 6) is -0.933. The van der Waals surface area contributed by atoms with Gasteiger partial charge in [0.2, 0.25) is 0 Å². The molecule has 0 saturated carbocycles. The second-order valence-electron chi connectivity index (χ2n) is 2.56. The van der Waals surface area contributed by atoms with Crippen molar-refractivity contribution >= 4 is 17.3 Å². The first-order valence-corrected chi connectivity index (χ1v) is 4.30. The molecular weight excluding hydrogens is 176 g/mol. The van der Waals surface area contributed by atoms with Gasteiger partial charge in [0.1, 0.15) is 9.88 Å². The molecule has 66 valence electrons. The minimum Gasteiger partial charge on any atom is -0.477 e. The Morgan fingerprint density at radius 3 is 2.58 bits per heavy atom. The lowest BCUT2D eigenvalue weighted by Gasteiger charge is -1.95. The van der Waals surface area contributed by atoms with Crippen molar-refractivity contribution < 1.29 is 9.90 Å². The third-order valence-electron chi connectivity index (χ3n) is 1.40. The van der Waals surface area contributed by atoms with Gasteiger partial charge in [-0.2, -0.15) is 0 Å². The van der Waals surface area contributed by atoms with Gasteiger partial charge in [-0.1, -0.05) is 0 Å². The number of rotatable bonds is 2. The Morgan fingerprint density at radius 2 is 2.33 bits per heavy atom. The van der Waals surface area contributed by atoms with Gasteiger partial charge in [0, 0.05) is 0 Å². The Balaban J connectivity index is 3.09. The van der Waals surface area contributed by atoms with Gasteiger partial charge in [-0.3, -0.25) is 0 Å². The summed E-state index contributed by atoms with van der Waals surface area (Å²) in [6.07, 6.45) is 0. The van der Waals surface area contributed by atoms with Crippen LogP contribution in [0.25, 0.3) is 0 Å². The summed E-state index contributed by atoms with van der Waals surface area (Å²) in [6.45, 7) is 3.45. The first-order chi connectivity index (χ1) is 5.52. The molecule has 0 amide bonds. The van der Waals surface area contributed by atoms with Crippen molar-refractivity contribution in [1.29, 1.82) is 0 Å². The van der Waals surface area contributed by atoms with E-state index in [9.17, 15) is 4.79 Å². The fourth-order valence-electron chi connectivity index (χ4n) is 0.810. The zero-order chi connectivity index (χ0) is 9.30. The number of aromatic nitrogens is 1. The van der Waals surface area contributed by atoms with Crippen LogP contribution in [0.15, 0.2) is 0 Å². The van der Waals surface area contributed by atoms with E-state index in [2.05, 4.69) is 4.98 Å². The molecule has 0 spiro atoms. The van der Waals surface area contributed by atoms with Gasteiger partial charge < -0.3 is 10.8 Å². The lowest BCUT2D eigenvalue weighted by Crippen LogP contribution is -2.03. The standard InChI is InChI=1S/C7H10N2O2S/c1-3(8)6-9-4(2)5(12-6)7(10)11/h3H,8H2,1-2H3,(H,10,11). The molecule has 0 fully saturated rings. The van der Waals surface area contributed by atoms with E-state index in [0.717, 1.165) is 11.3 Å². The van der Waals surface area contributed by atoms with Gasteiger partial charge in [0.25, 0.3) is 0 Å². The number of thiazole rings is 1. The highest BCUT2D eigenvalue weighted by molar-refractivity contribution is 7.13. The fourth-order valence-corrected chi connectivity index (χ4v) is 1.67. The summed E-state index contributed by atoms with van der Waals surface area (Å²) < 4.78 is 0. The number of hydrogen-bond donors (Lipinski definition) is 2. The number of carboxylic acid groups (broad SMARTS) is 1. The van der Waals surface area contributed by atoms with E-state index in [-0.39, 0.29) is 10.9 Å². The molecule has 1 unspecified atom stereocenters. The number of nitrogens with zero attached hydrogens (tertiary/aromatic N) is 1. The highest BCUT2D eigenvalue weighted by Crippen LogP contribution is 2.21. The van der Waals surface area contributed by atoms with Crippen LogP contribution >= 0.6 is 11.3 Å². The van der Waals surface area contributed by atoms with Gasteiger partial charge in [0.05, 0.1) is 11.7 Å². The van der Waals surface area contributed by atoms with Gasteiger partial charge in [-0.25, -0.2) is 9.78 Å². The van der Waals surface area contributed by atoms with Crippen LogP contribution in [0.2, 0.25) is 0 Å². The fraction of sp³-hybridized carbons (Fsp3) is 0.429. The average molecular weight is 186 g/mol. The van der Waals surface area contributed by atoms with Crippen LogP contribution in [0.4, 0.5) is 0 Å². The molecule has 0 aromatic carbocycles. The maximum Gasteiger partial charge on any atom is 0.347 e. The zero-order valence-corrected chi connectivity index (χ0v) is 7.68. The van der Waals surface area contributed by atoms with E-state index >= 15 is 0 Å². The van der Waals surface area contributed by atoms with Crippen molar-refractivity contribution in [3.63, 3.8) is 0 Å². The molecule has 4 nitrogen and oxygen atoms in total. The number of aryl methyl sites for hydroxylation is 1. The van der Waals surface area contributed by atoms with Crippen LogP contribution in [-0.4, -0.2) is 16.1 Å². The molecule has 1 rings (SSSR count). The summed E-state index contributed by atoms with van der Waals surface area (Å²) in [6, 6.07) is -0.193. The highest BCUT2D eigenvalue weighted by atomic mass is 32.1. The van der Waals surface area contributed by atoms with Crippen LogP contribution in [0.5, 0.6) is 0 Å². The normalized spacial score (nSPS) is 12.9. The Labute approximate surface area is 74.0 Å². The van der Waals surface area contributed by atoms with E-state index in [0.29, 0.717) is 10.7 Å². The van der Waals surface area contributed by atoms with Crippen LogP contribution in [0.3, 0.4) is 0 Å². The van der Waals surface area contributed by atoms with Crippen molar-refractivity contribution in [3.05, 3.63) is 15.6 Å². The first-order valence-electron chi connectivity index (χ1n) is 3.48. The Kier molecular flexibility index (Phi) is 2.44. The van der Waals surface area contributed by atoms with Crippen LogP contribution < -0.4 is 5.73 Å². The SMILES string of the molecule is Cc1nc(C(C)N)sc1C(=O)O. The minimum atomic E-state index is -0.933. The maximum absolute atomic E-state index is 10.6. The second kappa shape index (κ2) is 3.20. The smallest absolute Gasteiger partial charge is 0.347 e. The second-order valence-corrected chi connectivity index (χ2v) is 3.59. The van der Waals surface area contributed by atoms with E-state index < -0.39 is 5.97 Å². The summed E-state index contributed by atoms with van der Waals surface area (Å²) >= 11 is 1.14. The summed E-state index contributed by atoms with van der Waals surface area (Å²) in [4.78, 5) is 14.9. The quantitative estimate of drug-likeness (QED) is 0.726. The third kappa shape index (κ3) is 1.62. The van der Waals surface area contributed by atoms with Gasteiger partial charge in [-0.05, 0) is 13.8 Å². The third-order valence-corrected chi connectivity index (χ3v) is 2.74. The van der Waals surface area contributed by atoms with Gasteiger partial charge in [0.15, 0.2) is 0 Å². The molecule has 0 radical (unpaired) electrons. The number of aromatic carboxylic acids is 1. The number of nitrogens with two attached hydrogens (primary N) is 1. The van der Waals surface area contributed by atoms with Gasteiger partial charge >= 0.3 is 5.97 Å². The Hall–Kier alpha value is -0.940. The van der Waals surface area contributed by atoms with Crippen molar-refractivity contribution in [2.45, 2.75) is 19.9 Å². The lowest BCUT2D eigenvalue weighted by molar-refractivity contribution is 0.0701. The minimum absolute atomic E-state index is 0.193. The number of hydrogen-bond acceptors (Lipinski definition) is 4. The maximum atomic E-state index is 10.6. The first kappa shape index (κ1) is 9.15. The van der Waals surface area contributed by atoms with E-state index in [1.165, 1.54) is 0 Å². The van der Waals surface area contributed by atoms with Crippen molar-refractivity contribution in [1.82, 2.24) is 4.98 Å². The Morgan fingerprint density at radius 1 is 1.75 bits per heavy atom. The number of carbonyl (C=O) groups is 1. The predicted molar refractivity (Wildman–Crippen MR) is 46.4 cm³/mol. The monoisotopic (exact) mass is 186 g/mol. The van der Waals surface area contributed by atoms with E-state index in [1.54, 1.807) is 13.8 Å². The molecule has 0 aliphatic heterocycles. The predicted octanol–water partition coefficient (Wildman–Crippen LogP) is 1.17. The van der Waals surface area contributed by atoms with Crippen molar-refractivity contribution in [2.75, 3.05) is 0 Å². The van der Waals surface area contributed by atoms with Crippen molar-refractivity contribution in [3.8, 4) is 0 Å². The molecule has 0 aliphatic carbocycles. The molecule has 1 aromatic heterocycles. The van der Waals surface area contributed by atoms with Crippen LogP contribution in [-0.2, 0) is 0 Å². The molecule has 12 heavy (non-hydrogen) atoms. The molecule has 5 heteroatoms. The molecule has 1 aromatic rings. The van der Waals surface area contributed by atoms with Crippen LogP contribution in [0, 0.1) is 6.92 Å². The molecule has 1 atom stereocenters. The average Bonchev–Trinajstić information content (AvgIpc) is 2.30. The highest BCUT2D eigenvalue weighted by Gasteiger charge is 2.15. The van der Waals surface area contributed by atoms with E-state index in [1.807, 2.05) is 0 Å². The zero-order valence-electron chi connectivity index (χ0n) is 6.87. The topological polar surface area (TPSA) is 76.2 Å². The van der Waals surface area contributed by atoms with Crippen molar-refractivity contribution in [2.24, 2.45) is 5.73 Å². The molecule has 3 N–H and O–H groups in total. The molecule has 1 heterocycles. The van der Waals surface area contributed by atoms with E-state index in [4.69, 9.17) is 10.8 Å². The molecular formula is C7H10N2O2S. The molecule has 0 bridgehead atoms.